The van der Waals surface area contributed by atoms with E-state index >= 15 is 0 Å². The average Bonchev–Trinajstić information content (AvgIpc) is 2.46. The standard InChI is InChI=1S/C17H36N2/c1-4-7-12-17-13-10-11-16-19(17)18(14-8-5-2)15-9-6-3/h17H,4-16H2,1-3H3. The third-order valence-electron chi connectivity index (χ3n) is 4.39. The number of rotatable bonds is 10. The van der Waals surface area contributed by atoms with Crippen LogP contribution in [0.1, 0.15) is 85.0 Å². The Kier molecular flexibility index (Phi) is 9.54. The van der Waals surface area contributed by atoms with Crippen molar-refractivity contribution in [2.24, 2.45) is 0 Å². The highest BCUT2D eigenvalue weighted by molar-refractivity contribution is 4.76. The van der Waals surface area contributed by atoms with E-state index < -0.39 is 0 Å². The zero-order chi connectivity index (χ0) is 13.9. The number of nitrogens with zero attached hydrogens (tertiary/aromatic N) is 2. The van der Waals surface area contributed by atoms with Crippen molar-refractivity contribution < 1.29 is 0 Å². The Morgan fingerprint density at radius 2 is 1.53 bits per heavy atom. The molecule has 1 saturated heterocycles. The predicted molar refractivity (Wildman–Crippen MR) is 85.3 cm³/mol. The molecule has 2 nitrogen and oxygen atoms in total. The molecule has 1 unspecified atom stereocenters. The summed E-state index contributed by atoms with van der Waals surface area (Å²) >= 11 is 0. The highest BCUT2D eigenvalue weighted by Crippen LogP contribution is 2.24. The van der Waals surface area contributed by atoms with E-state index in [1.54, 1.807) is 0 Å². The van der Waals surface area contributed by atoms with Crippen LogP contribution in [0, 0.1) is 0 Å². The van der Waals surface area contributed by atoms with E-state index in [1.165, 1.54) is 83.8 Å². The lowest BCUT2D eigenvalue weighted by atomic mass is 9.99. The van der Waals surface area contributed by atoms with Gasteiger partial charge < -0.3 is 0 Å². The minimum absolute atomic E-state index is 0.836. The SMILES string of the molecule is CCCCC1CCCCN1N(CCCC)CCCC. The van der Waals surface area contributed by atoms with E-state index in [4.69, 9.17) is 0 Å². The van der Waals surface area contributed by atoms with Crippen molar-refractivity contribution in [3.05, 3.63) is 0 Å². The van der Waals surface area contributed by atoms with Crippen LogP contribution in [0.5, 0.6) is 0 Å². The van der Waals surface area contributed by atoms with Crippen LogP contribution < -0.4 is 0 Å². The van der Waals surface area contributed by atoms with Crippen LogP contribution in [0.2, 0.25) is 0 Å². The van der Waals surface area contributed by atoms with Gasteiger partial charge >= 0.3 is 0 Å². The second-order valence-electron chi connectivity index (χ2n) is 6.12. The van der Waals surface area contributed by atoms with Gasteiger partial charge in [-0.1, -0.05) is 52.9 Å². The van der Waals surface area contributed by atoms with E-state index in [2.05, 4.69) is 30.8 Å². The predicted octanol–water partition coefficient (Wildman–Crippen LogP) is 4.85. The molecule has 0 amide bonds. The molecule has 0 aromatic heterocycles. The van der Waals surface area contributed by atoms with Crippen LogP contribution in [0.25, 0.3) is 0 Å². The fraction of sp³-hybridized carbons (Fsp3) is 1.00. The molecule has 19 heavy (non-hydrogen) atoms. The van der Waals surface area contributed by atoms with Crippen molar-refractivity contribution in [3.8, 4) is 0 Å². The van der Waals surface area contributed by atoms with Gasteiger partial charge in [0.15, 0.2) is 0 Å². The van der Waals surface area contributed by atoms with Gasteiger partial charge in [-0.2, -0.15) is 0 Å². The maximum absolute atomic E-state index is 2.75. The number of piperidine rings is 1. The minimum Gasteiger partial charge on any atom is -0.242 e. The van der Waals surface area contributed by atoms with E-state index in [-0.39, 0.29) is 0 Å². The molecule has 0 aromatic carbocycles. The third-order valence-corrected chi connectivity index (χ3v) is 4.39. The zero-order valence-electron chi connectivity index (χ0n) is 13.7. The lowest BCUT2D eigenvalue weighted by molar-refractivity contribution is -0.0824. The van der Waals surface area contributed by atoms with Crippen LogP contribution in [0.15, 0.2) is 0 Å². The van der Waals surface area contributed by atoms with Crippen LogP contribution in [-0.4, -0.2) is 35.7 Å². The minimum atomic E-state index is 0.836. The van der Waals surface area contributed by atoms with E-state index in [0.29, 0.717) is 0 Å². The van der Waals surface area contributed by atoms with Crippen molar-refractivity contribution in [3.63, 3.8) is 0 Å². The summed E-state index contributed by atoms with van der Waals surface area (Å²) in [6.07, 6.45) is 13.7. The largest absolute Gasteiger partial charge is 0.242 e. The summed E-state index contributed by atoms with van der Waals surface area (Å²) in [6.45, 7) is 10.8. The first-order chi connectivity index (χ1) is 9.33. The Morgan fingerprint density at radius 3 is 2.11 bits per heavy atom. The number of hydrazine groups is 1. The summed E-state index contributed by atoms with van der Waals surface area (Å²) in [5, 5.41) is 5.46. The third kappa shape index (κ3) is 6.27. The molecule has 114 valence electrons. The Labute approximate surface area is 121 Å². The molecule has 0 aromatic rings. The molecule has 0 aliphatic carbocycles. The normalized spacial score (nSPS) is 21.2. The Bertz CT molecular complexity index is 197. The van der Waals surface area contributed by atoms with Crippen molar-refractivity contribution >= 4 is 0 Å². The topological polar surface area (TPSA) is 6.48 Å². The molecule has 0 N–H and O–H groups in total. The van der Waals surface area contributed by atoms with Gasteiger partial charge in [0.2, 0.25) is 0 Å². The second-order valence-corrected chi connectivity index (χ2v) is 6.12. The summed E-state index contributed by atoms with van der Waals surface area (Å²) in [7, 11) is 0. The fourth-order valence-corrected chi connectivity index (χ4v) is 3.14. The van der Waals surface area contributed by atoms with Gasteiger partial charge in [-0.3, -0.25) is 0 Å². The highest BCUT2D eigenvalue weighted by Gasteiger charge is 2.26. The van der Waals surface area contributed by atoms with Gasteiger partial charge in [0.05, 0.1) is 0 Å². The quantitative estimate of drug-likeness (QED) is 0.559. The summed E-state index contributed by atoms with van der Waals surface area (Å²) in [5.41, 5.74) is 0. The van der Waals surface area contributed by atoms with Gasteiger partial charge in [-0.15, -0.1) is 0 Å². The molecule has 1 fully saturated rings. The summed E-state index contributed by atoms with van der Waals surface area (Å²) in [4.78, 5) is 0. The summed E-state index contributed by atoms with van der Waals surface area (Å²) in [6, 6.07) is 0.836. The van der Waals surface area contributed by atoms with Gasteiger partial charge in [0.25, 0.3) is 0 Å². The smallest absolute Gasteiger partial charge is 0.0245 e. The van der Waals surface area contributed by atoms with E-state index in [1.807, 2.05) is 0 Å². The molecule has 1 aliphatic heterocycles. The maximum Gasteiger partial charge on any atom is 0.0245 e. The van der Waals surface area contributed by atoms with E-state index in [9.17, 15) is 0 Å². The van der Waals surface area contributed by atoms with Gasteiger partial charge in [-0.05, 0) is 32.1 Å². The van der Waals surface area contributed by atoms with Gasteiger partial charge in [0.1, 0.15) is 0 Å². The maximum atomic E-state index is 2.75. The zero-order valence-corrected chi connectivity index (χ0v) is 13.7. The van der Waals surface area contributed by atoms with Crippen LogP contribution in [-0.2, 0) is 0 Å². The van der Waals surface area contributed by atoms with Gasteiger partial charge in [-0.25, -0.2) is 10.0 Å². The number of hydrogen-bond donors (Lipinski definition) is 0. The highest BCUT2D eigenvalue weighted by atomic mass is 15.6. The van der Waals surface area contributed by atoms with Crippen LogP contribution >= 0.6 is 0 Å². The first-order valence-corrected chi connectivity index (χ1v) is 8.84. The average molecular weight is 268 g/mol. The molecular weight excluding hydrogens is 232 g/mol. The Balaban J connectivity index is 2.54. The molecule has 1 rings (SSSR count). The molecule has 1 heterocycles. The first kappa shape index (κ1) is 17.0. The summed E-state index contributed by atoms with van der Waals surface area (Å²) < 4.78 is 0. The molecule has 0 bridgehead atoms. The molecule has 0 radical (unpaired) electrons. The van der Waals surface area contributed by atoms with Gasteiger partial charge in [0, 0.05) is 25.7 Å². The van der Waals surface area contributed by atoms with Crippen LogP contribution in [0.3, 0.4) is 0 Å². The van der Waals surface area contributed by atoms with Crippen molar-refractivity contribution in [1.82, 2.24) is 10.0 Å². The molecule has 1 atom stereocenters. The second kappa shape index (κ2) is 10.7. The molecule has 1 aliphatic rings. The molecular formula is C17H36N2. The van der Waals surface area contributed by atoms with Crippen molar-refractivity contribution in [1.29, 1.82) is 0 Å². The first-order valence-electron chi connectivity index (χ1n) is 8.84. The fourth-order valence-electron chi connectivity index (χ4n) is 3.14. The number of unbranched alkanes of at least 4 members (excludes halogenated alkanes) is 3. The molecule has 0 saturated carbocycles. The summed E-state index contributed by atoms with van der Waals surface area (Å²) in [5.74, 6) is 0. The lowest BCUT2D eigenvalue weighted by Gasteiger charge is -2.43. The molecule has 2 heteroatoms. The van der Waals surface area contributed by atoms with Crippen molar-refractivity contribution in [2.75, 3.05) is 19.6 Å². The lowest BCUT2D eigenvalue weighted by Crippen LogP contribution is -2.51. The molecule has 0 spiro atoms. The Hall–Kier alpha value is -0.0800. The Morgan fingerprint density at radius 1 is 0.895 bits per heavy atom. The monoisotopic (exact) mass is 268 g/mol. The van der Waals surface area contributed by atoms with Crippen molar-refractivity contribution in [2.45, 2.75) is 91.0 Å². The van der Waals surface area contributed by atoms with Crippen LogP contribution in [0.4, 0.5) is 0 Å². The number of hydrogen-bond acceptors (Lipinski definition) is 2. The van der Waals surface area contributed by atoms with E-state index in [0.717, 1.165) is 6.04 Å².